The molecule has 2 aromatic rings. The molecule has 3 rings (SSSR count). The maximum atomic E-state index is 13.4. The number of urea groups is 1. The zero-order valence-corrected chi connectivity index (χ0v) is 23.6. The number of hydrogen-bond acceptors (Lipinski definition) is 5. The van der Waals surface area contributed by atoms with Gasteiger partial charge < -0.3 is 19.9 Å². The number of nitrogens with zero attached hydrogens (tertiary/aromatic N) is 1. The first-order valence-electron chi connectivity index (χ1n) is 13.8. The minimum atomic E-state index is -4.81. The van der Waals surface area contributed by atoms with Crippen LogP contribution in [0.4, 0.5) is 18.0 Å². The van der Waals surface area contributed by atoms with Crippen LogP contribution in [0.15, 0.2) is 42.5 Å². The molecule has 0 saturated carbocycles. The molecule has 1 saturated heterocycles. The summed E-state index contributed by atoms with van der Waals surface area (Å²) in [5.74, 6) is 0.851. The van der Waals surface area contributed by atoms with E-state index in [9.17, 15) is 27.9 Å². The van der Waals surface area contributed by atoms with E-state index in [1.807, 2.05) is 20.8 Å². The third-order valence-corrected chi connectivity index (χ3v) is 7.25. The van der Waals surface area contributed by atoms with Crippen molar-refractivity contribution in [2.45, 2.75) is 83.5 Å². The number of unbranched alkanes of at least 4 members (excludes halogenated alkanes) is 1. The summed E-state index contributed by atoms with van der Waals surface area (Å²) in [6.45, 7) is 7.57. The van der Waals surface area contributed by atoms with Gasteiger partial charge in [-0.3, -0.25) is 9.69 Å². The SMILES string of the molecule is CCCOc1ccc(C2(CC)NC(=O)N(CCCCOc3ccc(C(C)(O)C(F)(F)F)cc3CCC)C2=O)cc1. The molecule has 1 aliphatic heterocycles. The Hall–Kier alpha value is -3.27. The van der Waals surface area contributed by atoms with Crippen LogP contribution in [0.25, 0.3) is 0 Å². The van der Waals surface area contributed by atoms with Crippen molar-refractivity contribution >= 4 is 11.9 Å². The van der Waals surface area contributed by atoms with Gasteiger partial charge in [0.1, 0.15) is 17.0 Å². The van der Waals surface area contributed by atoms with Gasteiger partial charge in [0.2, 0.25) is 0 Å². The molecule has 1 heterocycles. The molecule has 40 heavy (non-hydrogen) atoms. The number of carbonyl (C=O) groups excluding carboxylic acids is 2. The first-order chi connectivity index (χ1) is 18.9. The number of hydrogen-bond donors (Lipinski definition) is 2. The summed E-state index contributed by atoms with van der Waals surface area (Å²) >= 11 is 0. The minimum Gasteiger partial charge on any atom is -0.494 e. The Kier molecular flexibility index (Phi) is 10.1. The fourth-order valence-corrected chi connectivity index (χ4v) is 4.73. The molecule has 0 spiro atoms. The van der Waals surface area contributed by atoms with Crippen LogP contribution in [0.2, 0.25) is 0 Å². The van der Waals surface area contributed by atoms with Gasteiger partial charge in [0, 0.05) is 6.54 Å². The second kappa shape index (κ2) is 12.9. The molecular formula is C30H39F3N2O5. The van der Waals surface area contributed by atoms with Gasteiger partial charge in [0.05, 0.1) is 13.2 Å². The van der Waals surface area contributed by atoms with Crippen LogP contribution in [0, 0.1) is 0 Å². The summed E-state index contributed by atoms with van der Waals surface area (Å²) in [4.78, 5) is 27.4. The molecule has 0 radical (unpaired) electrons. The van der Waals surface area contributed by atoms with E-state index in [1.165, 1.54) is 23.1 Å². The number of alkyl halides is 3. The van der Waals surface area contributed by atoms with Gasteiger partial charge in [-0.2, -0.15) is 13.2 Å². The van der Waals surface area contributed by atoms with Gasteiger partial charge in [0.15, 0.2) is 5.60 Å². The largest absolute Gasteiger partial charge is 0.494 e. The van der Waals surface area contributed by atoms with Gasteiger partial charge in [-0.05, 0) is 80.0 Å². The van der Waals surface area contributed by atoms with Crippen molar-refractivity contribution < 1.29 is 37.3 Å². The average Bonchev–Trinajstić information content (AvgIpc) is 3.17. The highest BCUT2D eigenvalue weighted by molar-refractivity contribution is 6.07. The molecule has 0 aliphatic carbocycles. The van der Waals surface area contributed by atoms with Crippen molar-refractivity contribution in [2.24, 2.45) is 0 Å². The van der Waals surface area contributed by atoms with Crippen molar-refractivity contribution in [3.8, 4) is 11.5 Å². The third-order valence-electron chi connectivity index (χ3n) is 7.25. The molecule has 7 nitrogen and oxygen atoms in total. The Bertz CT molecular complexity index is 1170. The summed E-state index contributed by atoms with van der Waals surface area (Å²) in [6.07, 6.45) is -1.34. The number of rotatable bonds is 14. The highest BCUT2D eigenvalue weighted by Crippen LogP contribution is 2.40. The van der Waals surface area contributed by atoms with E-state index in [1.54, 1.807) is 24.3 Å². The molecule has 10 heteroatoms. The smallest absolute Gasteiger partial charge is 0.421 e. The molecule has 0 aromatic heterocycles. The molecule has 2 unspecified atom stereocenters. The van der Waals surface area contributed by atoms with Crippen molar-refractivity contribution in [1.82, 2.24) is 10.2 Å². The van der Waals surface area contributed by atoms with Gasteiger partial charge in [0.25, 0.3) is 5.91 Å². The van der Waals surface area contributed by atoms with Gasteiger partial charge in [-0.25, -0.2) is 4.79 Å². The normalized spacial score (nSPS) is 18.9. The van der Waals surface area contributed by atoms with Crippen LogP contribution in [-0.4, -0.2) is 47.9 Å². The Morgan fingerprint density at radius 3 is 2.25 bits per heavy atom. The summed E-state index contributed by atoms with van der Waals surface area (Å²) in [7, 11) is 0. The van der Waals surface area contributed by atoms with E-state index in [0.29, 0.717) is 61.3 Å². The van der Waals surface area contributed by atoms with E-state index < -0.39 is 23.3 Å². The quantitative estimate of drug-likeness (QED) is 0.210. The Balaban J connectivity index is 1.59. The van der Waals surface area contributed by atoms with E-state index in [-0.39, 0.29) is 24.6 Å². The summed E-state index contributed by atoms with van der Waals surface area (Å²) < 4.78 is 51.3. The Labute approximate surface area is 233 Å². The monoisotopic (exact) mass is 564 g/mol. The van der Waals surface area contributed by atoms with Crippen molar-refractivity contribution in [1.29, 1.82) is 0 Å². The van der Waals surface area contributed by atoms with Crippen molar-refractivity contribution in [3.05, 3.63) is 59.2 Å². The number of aliphatic hydroxyl groups is 1. The van der Waals surface area contributed by atoms with Crippen LogP contribution in [-0.2, 0) is 22.4 Å². The molecular weight excluding hydrogens is 525 g/mol. The molecule has 3 amide bonds. The maximum Gasteiger partial charge on any atom is 0.421 e. The maximum absolute atomic E-state index is 13.4. The highest BCUT2D eigenvalue weighted by Gasteiger charge is 2.52. The molecule has 1 aliphatic rings. The number of carbonyl (C=O) groups is 2. The van der Waals surface area contributed by atoms with E-state index in [0.717, 1.165) is 13.3 Å². The number of nitrogens with one attached hydrogen (secondary N) is 1. The summed E-state index contributed by atoms with van der Waals surface area (Å²) in [6, 6.07) is 10.8. The summed E-state index contributed by atoms with van der Waals surface area (Å²) in [5.41, 5.74) is -3.06. The lowest BCUT2D eigenvalue weighted by Gasteiger charge is -2.27. The Morgan fingerprint density at radius 2 is 1.65 bits per heavy atom. The van der Waals surface area contributed by atoms with Gasteiger partial charge in [-0.1, -0.05) is 45.4 Å². The lowest BCUT2D eigenvalue weighted by molar-refractivity contribution is -0.258. The predicted molar refractivity (Wildman–Crippen MR) is 145 cm³/mol. The summed E-state index contributed by atoms with van der Waals surface area (Å²) in [5, 5.41) is 12.9. The lowest BCUT2D eigenvalue weighted by Crippen LogP contribution is -2.43. The second-order valence-electron chi connectivity index (χ2n) is 10.2. The second-order valence-corrected chi connectivity index (χ2v) is 10.2. The number of aryl methyl sites for hydroxylation is 1. The molecule has 0 bridgehead atoms. The fraction of sp³-hybridized carbons (Fsp3) is 0.533. The molecule has 2 aromatic carbocycles. The van der Waals surface area contributed by atoms with E-state index in [4.69, 9.17) is 9.47 Å². The van der Waals surface area contributed by atoms with Crippen molar-refractivity contribution in [2.75, 3.05) is 19.8 Å². The average molecular weight is 565 g/mol. The molecule has 2 atom stereocenters. The number of amides is 3. The number of benzene rings is 2. The Morgan fingerprint density at radius 1 is 0.950 bits per heavy atom. The zero-order chi connectivity index (χ0) is 29.6. The number of ether oxygens (including phenoxy) is 2. The predicted octanol–water partition coefficient (Wildman–Crippen LogP) is 6.21. The highest BCUT2D eigenvalue weighted by atomic mass is 19.4. The molecule has 220 valence electrons. The first kappa shape index (κ1) is 31.3. The lowest BCUT2D eigenvalue weighted by atomic mass is 9.87. The zero-order valence-electron chi connectivity index (χ0n) is 23.6. The number of halogens is 3. The van der Waals surface area contributed by atoms with E-state index in [2.05, 4.69) is 5.32 Å². The number of imide groups is 1. The standard InChI is InChI=1S/C30H39F3N2O5/c1-5-10-21-20-23(28(4,38)30(31,32)33)13-16-25(21)40-19-9-8-17-35-26(36)29(7-3,34-27(35)37)22-11-14-24(15-12-22)39-18-6-2/h11-16,20,38H,5-10,17-19H2,1-4H3,(H,34,37). The van der Waals surface area contributed by atoms with Crippen LogP contribution in [0.3, 0.4) is 0 Å². The van der Waals surface area contributed by atoms with Crippen molar-refractivity contribution in [3.63, 3.8) is 0 Å². The fourth-order valence-electron chi connectivity index (χ4n) is 4.73. The van der Waals surface area contributed by atoms with Crippen LogP contribution in [0.5, 0.6) is 11.5 Å². The third kappa shape index (κ3) is 6.54. The topological polar surface area (TPSA) is 88.1 Å². The van der Waals surface area contributed by atoms with Gasteiger partial charge in [-0.15, -0.1) is 0 Å². The van der Waals surface area contributed by atoms with Crippen LogP contribution < -0.4 is 14.8 Å². The van der Waals surface area contributed by atoms with Gasteiger partial charge >= 0.3 is 12.2 Å². The van der Waals surface area contributed by atoms with Crippen LogP contribution >= 0.6 is 0 Å². The minimum absolute atomic E-state index is 0.211. The first-order valence-corrected chi connectivity index (χ1v) is 13.8. The molecule has 2 N–H and O–H groups in total. The van der Waals surface area contributed by atoms with Crippen LogP contribution in [0.1, 0.15) is 76.5 Å². The van der Waals surface area contributed by atoms with E-state index >= 15 is 0 Å². The molecule has 1 fully saturated rings.